The minimum atomic E-state index is -1.33. The first-order valence-electron chi connectivity index (χ1n) is 10.3. The van der Waals surface area contributed by atoms with Crippen LogP contribution in [0, 0.1) is 11.8 Å². The van der Waals surface area contributed by atoms with Crippen LogP contribution in [0.4, 0.5) is 4.79 Å². The van der Waals surface area contributed by atoms with Crippen molar-refractivity contribution in [2.45, 2.75) is 92.0 Å². The van der Waals surface area contributed by atoms with Crippen LogP contribution in [0.25, 0.3) is 0 Å². The first kappa shape index (κ1) is 27.7. The van der Waals surface area contributed by atoms with Crippen LogP contribution >= 0.6 is 0 Å². The molecule has 0 aliphatic rings. The summed E-state index contributed by atoms with van der Waals surface area (Å²) in [5.74, 6) is -2.02. The number of rotatable bonds is 9. The summed E-state index contributed by atoms with van der Waals surface area (Å²) in [5, 5.41) is 7.89. The lowest BCUT2D eigenvalue weighted by atomic mass is 9.95. The van der Waals surface area contributed by atoms with Gasteiger partial charge in [0, 0.05) is 0 Å². The largest absolute Gasteiger partial charge is 0.467 e. The van der Waals surface area contributed by atoms with E-state index in [2.05, 4.69) is 16.0 Å². The first-order chi connectivity index (χ1) is 13.6. The van der Waals surface area contributed by atoms with Crippen molar-refractivity contribution in [3.8, 4) is 0 Å². The Hall–Kier alpha value is -2.32. The monoisotopic (exact) mass is 429 g/mol. The van der Waals surface area contributed by atoms with Crippen molar-refractivity contribution >= 4 is 23.9 Å². The van der Waals surface area contributed by atoms with Crippen LogP contribution in [0.2, 0.25) is 0 Å². The van der Waals surface area contributed by atoms with Gasteiger partial charge in [-0.1, -0.05) is 34.1 Å². The van der Waals surface area contributed by atoms with Crippen LogP contribution in [0.3, 0.4) is 0 Å². The van der Waals surface area contributed by atoms with Gasteiger partial charge in [-0.2, -0.15) is 0 Å². The molecule has 0 fully saturated rings. The number of esters is 1. The van der Waals surface area contributed by atoms with Crippen LogP contribution in [0.1, 0.15) is 68.7 Å². The van der Waals surface area contributed by atoms with Crippen molar-refractivity contribution in [2.75, 3.05) is 7.11 Å². The maximum Gasteiger partial charge on any atom is 0.408 e. The smallest absolute Gasteiger partial charge is 0.408 e. The second-order valence-electron chi connectivity index (χ2n) is 9.34. The lowest BCUT2D eigenvalue weighted by Gasteiger charge is -2.32. The molecule has 174 valence electrons. The molecule has 3 amide bonds. The molecule has 0 aromatic rings. The number of carbonyl (C=O) groups excluding carboxylic acids is 4. The standard InChI is InChI=1S/C21H39N3O6/c1-11-13(4)15(23-19(28)30-20(5,6)7)16(25)24-21(8,9)18(27)22-14(12(2)3)17(26)29-10/h12-15H,11H2,1-10H3,(H,22,27)(H,23,28)(H,24,25)/t13-,14-,15-/m0/s1. The van der Waals surface area contributed by atoms with Gasteiger partial charge < -0.3 is 25.4 Å². The third-order valence-electron chi connectivity index (χ3n) is 4.58. The quantitative estimate of drug-likeness (QED) is 0.483. The van der Waals surface area contributed by atoms with E-state index in [4.69, 9.17) is 9.47 Å². The molecule has 0 aliphatic carbocycles. The van der Waals surface area contributed by atoms with Gasteiger partial charge in [-0.3, -0.25) is 9.59 Å². The third kappa shape index (κ3) is 9.00. The summed E-state index contributed by atoms with van der Waals surface area (Å²) in [7, 11) is 1.25. The molecule has 9 heteroatoms. The van der Waals surface area contributed by atoms with E-state index in [0.29, 0.717) is 6.42 Å². The predicted octanol–water partition coefficient (Wildman–Crippen LogP) is 2.13. The molecular weight excluding hydrogens is 390 g/mol. The van der Waals surface area contributed by atoms with Gasteiger partial charge in [0.2, 0.25) is 11.8 Å². The van der Waals surface area contributed by atoms with Gasteiger partial charge in [-0.15, -0.1) is 0 Å². The average molecular weight is 430 g/mol. The SMILES string of the molecule is CC[C@H](C)[C@H](NC(=O)OC(C)(C)C)C(=O)NC(C)(C)C(=O)N[C@H](C(=O)OC)C(C)C. The molecule has 0 bridgehead atoms. The molecule has 3 atom stereocenters. The van der Waals surface area contributed by atoms with Crippen molar-refractivity contribution < 1.29 is 28.7 Å². The van der Waals surface area contributed by atoms with Gasteiger partial charge in [0.05, 0.1) is 7.11 Å². The summed E-state index contributed by atoms with van der Waals surface area (Å²) in [6.07, 6.45) is -0.0890. The molecule has 9 nitrogen and oxygen atoms in total. The van der Waals surface area contributed by atoms with Crippen LogP contribution in [0.5, 0.6) is 0 Å². The van der Waals surface area contributed by atoms with E-state index in [-0.39, 0.29) is 11.8 Å². The lowest BCUT2D eigenvalue weighted by Crippen LogP contribution is -2.62. The van der Waals surface area contributed by atoms with Gasteiger partial charge in [-0.05, 0) is 46.5 Å². The maximum absolute atomic E-state index is 12.9. The molecular formula is C21H39N3O6. The minimum Gasteiger partial charge on any atom is -0.467 e. The van der Waals surface area contributed by atoms with E-state index in [9.17, 15) is 19.2 Å². The zero-order chi connectivity index (χ0) is 23.9. The molecule has 0 saturated carbocycles. The average Bonchev–Trinajstić information content (AvgIpc) is 2.60. The second-order valence-corrected chi connectivity index (χ2v) is 9.34. The highest BCUT2D eigenvalue weighted by Gasteiger charge is 2.37. The van der Waals surface area contributed by atoms with E-state index in [1.807, 2.05) is 13.8 Å². The van der Waals surface area contributed by atoms with Gasteiger partial charge in [0.1, 0.15) is 23.2 Å². The third-order valence-corrected chi connectivity index (χ3v) is 4.58. The first-order valence-corrected chi connectivity index (χ1v) is 10.3. The fourth-order valence-electron chi connectivity index (χ4n) is 2.53. The van der Waals surface area contributed by atoms with E-state index >= 15 is 0 Å². The Kier molecular flexibility index (Phi) is 10.3. The molecule has 30 heavy (non-hydrogen) atoms. The zero-order valence-corrected chi connectivity index (χ0v) is 20.0. The zero-order valence-electron chi connectivity index (χ0n) is 20.0. The normalized spacial score (nSPS) is 14.9. The Labute approximate surface area is 180 Å². The van der Waals surface area contributed by atoms with Crippen molar-refractivity contribution in [3.05, 3.63) is 0 Å². The highest BCUT2D eigenvalue weighted by Crippen LogP contribution is 2.14. The van der Waals surface area contributed by atoms with Gasteiger partial charge in [-0.25, -0.2) is 9.59 Å². The minimum absolute atomic E-state index is 0.199. The van der Waals surface area contributed by atoms with Gasteiger partial charge >= 0.3 is 12.1 Å². The van der Waals surface area contributed by atoms with Crippen molar-refractivity contribution in [1.82, 2.24) is 16.0 Å². The fraction of sp³-hybridized carbons (Fsp3) is 0.810. The fourth-order valence-corrected chi connectivity index (χ4v) is 2.53. The van der Waals surface area contributed by atoms with E-state index in [1.54, 1.807) is 34.6 Å². The van der Waals surface area contributed by atoms with Crippen molar-refractivity contribution in [2.24, 2.45) is 11.8 Å². The van der Waals surface area contributed by atoms with E-state index in [0.717, 1.165) is 0 Å². The molecule has 0 aliphatic heterocycles. The number of hydrogen-bond acceptors (Lipinski definition) is 6. The Bertz CT molecular complexity index is 625. The molecule has 0 rings (SSSR count). The predicted molar refractivity (Wildman–Crippen MR) is 114 cm³/mol. The molecule has 0 radical (unpaired) electrons. The van der Waals surface area contributed by atoms with Crippen LogP contribution in [-0.2, 0) is 23.9 Å². The van der Waals surface area contributed by atoms with Gasteiger partial charge in [0.25, 0.3) is 0 Å². The number of amides is 3. The highest BCUT2D eigenvalue weighted by molar-refractivity contribution is 5.95. The summed E-state index contributed by atoms with van der Waals surface area (Å²) < 4.78 is 9.98. The van der Waals surface area contributed by atoms with E-state index < -0.39 is 47.1 Å². The molecule has 3 N–H and O–H groups in total. The molecule has 0 heterocycles. The Morgan fingerprint density at radius 2 is 1.43 bits per heavy atom. The molecule has 0 saturated heterocycles. The number of carbonyl (C=O) groups is 4. The summed E-state index contributed by atoms with van der Waals surface area (Å²) in [5.41, 5.74) is -2.04. The van der Waals surface area contributed by atoms with Crippen molar-refractivity contribution in [3.63, 3.8) is 0 Å². The Morgan fingerprint density at radius 3 is 1.83 bits per heavy atom. The number of ether oxygens (including phenoxy) is 2. The molecule has 0 unspecified atom stereocenters. The van der Waals surface area contributed by atoms with Gasteiger partial charge in [0.15, 0.2) is 0 Å². The van der Waals surface area contributed by atoms with Crippen LogP contribution < -0.4 is 16.0 Å². The second kappa shape index (κ2) is 11.2. The topological polar surface area (TPSA) is 123 Å². The van der Waals surface area contributed by atoms with Crippen LogP contribution in [-0.4, -0.2) is 54.2 Å². The van der Waals surface area contributed by atoms with Crippen molar-refractivity contribution in [1.29, 1.82) is 0 Å². The molecule has 0 aromatic carbocycles. The summed E-state index contributed by atoms with van der Waals surface area (Å²) >= 11 is 0. The summed E-state index contributed by atoms with van der Waals surface area (Å²) in [6.45, 7) is 15.5. The summed E-state index contributed by atoms with van der Waals surface area (Å²) in [4.78, 5) is 49.8. The Balaban J connectivity index is 5.37. The highest BCUT2D eigenvalue weighted by atomic mass is 16.6. The van der Waals surface area contributed by atoms with E-state index in [1.165, 1.54) is 21.0 Å². The Morgan fingerprint density at radius 1 is 0.900 bits per heavy atom. The summed E-state index contributed by atoms with van der Waals surface area (Å²) in [6, 6.07) is -1.73. The maximum atomic E-state index is 12.9. The number of hydrogen-bond donors (Lipinski definition) is 3. The van der Waals surface area contributed by atoms with Crippen LogP contribution in [0.15, 0.2) is 0 Å². The molecule has 0 aromatic heterocycles. The number of alkyl carbamates (subject to hydrolysis) is 1. The number of methoxy groups -OCH3 is 1. The lowest BCUT2D eigenvalue weighted by molar-refractivity contribution is -0.147. The molecule has 0 spiro atoms. The number of nitrogens with one attached hydrogen (secondary N) is 3.